The SMILES string of the molecule is CC[C@@H](Nc1cnc(C(N)=O)c(Nc2ccnc(F)c2)n1)C(N)=O. The maximum atomic E-state index is 13.2. The van der Waals surface area contributed by atoms with Crippen LogP contribution in [0.2, 0.25) is 0 Å². The molecule has 0 aliphatic rings. The fourth-order valence-corrected chi connectivity index (χ4v) is 1.90. The molecule has 1 atom stereocenters. The van der Waals surface area contributed by atoms with Crippen LogP contribution in [0.15, 0.2) is 24.5 Å². The molecule has 0 fully saturated rings. The van der Waals surface area contributed by atoms with Crippen LogP contribution < -0.4 is 22.1 Å². The topological polar surface area (TPSA) is 149 Å². The molecule has 2 heterocycles. The lowest BCUT2D eigenvalue weighted by atomic mass is 10.2. The maximum Gasteiger partial charge on any atom is 0.271 e. The second kappa shape index (κ2) is 7.31. The number of nitrogens with one attached hydrogen (secondary N) is 2. The summed E-state index contributed by atoms with van der Waals surface area (Å²) in [5.74, 6) is -1.85. The van der Waals surface area contributed by atoms with Crippen LogP contribution in [0.5, 0.6) is 0 Å². The third kappa shape index (κ3) is 4.12. The molecule has 126 valence electrons. The van der Waals surface area contributed by atoms with Gasteiger partial charge < -0.3 is 22.1 Å². The molecule has 9 nitrogen and oxygen atoms in total. The molecule has 0 aliphatic carbocycles. The van der Waals surface area contributed by atoms with Crippen LogP contribution in [0.3, 0.4) is 0 Å². The quantitative estimate of drug-likeness (QED) is 0.540. The molecule has 0 bridgehead atoms. The number of rotatable bonds is 7. The molecular weight excluding hydrogens is 317 g/mol. The molecule has 10 heteroatoms. The van der Waals surface area contributed by atoms with Gasteiger partial charge in [-0.3, -0.25) is 9.59 Å². The normalized spacial score (nSPS) is 11.6. The Morgan fingerprint density at radius 3 is 2.67 bits per heavy atom. The molecule has 0 spiro atoms. The fraction of sp³-hybridized carbons (Fsp3) is 0.214. The van der Waals surface area contributed by atoms with Gasteiger partial charge in [-0.05, 0) is 12.5 Å². The van der Waals surface area contributed by atoms with Crippen molar-refractivity contribution >= 4 is 29.1 Å². The van der Waals surface area contributed by atoms with Gasteiger partial charge in [0.15, 0.2) is 11.5 Å². The molecule has 0 radical (unpaired) electrons. The van der Waals surface area contributed by atoms with Crippen molar-refractivity contribution < 1.29 is 14.0 Å². The first kappa shape index (κ1) is 17.1. The molecule has 24 heavy (non-hydrogen) atoms. The second-order valence-corrected chi connectivity index (χ2v) is 4.82. The van der Waals surface area contributed by atoms with E-state index in [1.165, 1.54) is 18.5 Å². The van der Waals surface area contributed by atoms with E-state index in [0.717, 1.165) is 6.07 Å². The van der Waals surface area contributed by atoms with Crippen LogP contribution in [-0.2, 0) is 4.79 Å². The van der Waals surface area contributed by atoms with Crippen molar-refractivity contribution in [3.05, 3.63) is 36.2 Å². The molecule has 2 aromatic heterocycles. The molecule has 0 saturated carbocycles. The van der Waals surface area contributed by atoms with Crippen molar-refractivity contribution in [2.45, 2.75) is 19.4 Å². The Kier molecular flexibility index (Phi) is 5.20. The highest BCUT2D eigenvalue weighted by molar-refractivity contribution is 5.96. The van der Waals surface area contributed by atoms with Gasteiger partial charge in [0.2, 0.25) is 11.9 Å². The molecular formula is C14H16FN7O2. The zero-order valence-corrected chi connectivity index (χ0v) is 12.8. The van der Waals surface area contributed by atoms with Crippen molar-refractivity contribution in [2.75, 3.05) is 10.6 Å². The molecule has 2 rings (SSSR count). The number of nitrogens with zero attached hydrogens (tertiary/aromatic N) is 3. The molecule has 6 N–H and O–H groups in total. The van der Waals surface area contributed by atoms with E-state index in [0.29, 0.717) is 12.1 Å². The number of primary amides is 2. The first-order valence-electron chi connectivity index (χ1n) is 7.02. The summed E-state index contributed by atoms with van der Waals surface area (Å²) < 4.78 is 13.2. The molecule has 2 aromatic rings. The number of hydrogen-bond donors (Lipinski definition) is 4. The van der Waals surface area contributed by atoms with Crippen LogP contribution in [-0.4, -0.2) is 32.8 Å². The van der Waals surface area contributed by atoms with Crippen molar-refractivity contribution in [3.8, 4) is 0 Å². The van der Waals surface area contributed by atoms with Crippen LogP contribution in [0, 0.1) is 5.95 Å². The molecule has 0 aliphatic heterocycles. The van der Waals surface area contributed by atoms with E-state index in [4.69, 9.17) is 11.5 Å². The Hall–Kier alpha value is -3.30. The van der Waals surface area contributed by atoms with Gasteiger partial charge in [0.05, 0.1) is 6.20 Å². The number of aromatic nitrogens is 3. The lowest BCUT2D eigenvalue weighted by molar-refractivity contribution is -0.118. The van der Waals surface area contributed by atoms with Crippen LogP contribution in [0.25, 0.3) is 0 Å². The van der Waals surface area contributed by atoms with Crippen LogP contribution >= 0.6 is 0 Å². The Morgan fingerprint density at radius 1 is 1.33 bits per heavy atom. The Labute approximate surface area is 136 Å². The van der Waals surface area contributed by atoms with E-state index >= 15 is 0 Å². The first-order chi connectivity index (χ1) is 11.4. The summed E-state index contributed by atoms with van der Waals surface area (Å²) in [6.45, 7) is 1.77. The van der Waals surface area contributed by atoms with Gasteiger partial charge in [-0.15, -0.1) is 0 Å². The van der Waals surface area contributed by atoms with E-state index in [1.807, 2.05) is 0 Å². The van der Waals surface area contributed by atoms with Crippen molar-refractivity contribution in [1.29, 1.82) is 0 Å². The van der Waals surface area contributed by atoms with Gasteiger partial charge in [0.25, 0.3) is 5.91 Å². The van der Waals surface area contributed by atoms with E-state index in [2.05, 4.69) is 25.6 Å². The average Bonchev–Trinajstić information content (AvgIpc) is 2.52. The Balaban J connectivity index is 2.34. The summed E-state index contributed by atoms with van der Waals surface area (Å²) in [6.07, 6.45) is 2.94. The molecule has 2 amide bonds. The predicted octanol–water partition coefficient (Wildman–Crippen LogP) is 0.529. The highest BCUT2D eigenvalue weighted by Gasteiger charge is 2.17. The zero-order valence-electron chi connectivity index (χ0n) is 12.8. The standard InChI is InChI=1S/C14H16FN7O2/c1-2-8(12(16)23)21-10-6-19-11(13(17)24)14(22-10)20-7-3-4-18-9(15)5-7/h3-6,8H,2H2,1H3,(H2,16,23)(H2,17,24)(H2,18,20,21,22)/t8-/m1/s1. The van der Waals surface area contributed by atoms with Gasteiger partial charge in [0, 0.05) is 18.0 Å². The monoisotopic (exact) mass is 333 g/mol. The lowest BCUT2D eigenvalue weighted by Gasteiger charge is -2.15. The maximum absolute atomic E-state index is 13.2. The van der Waals surface area contributed by atoms with Gasteiger partial charge in [-0.1, -0.05) is 6.92 Å². The summed E-state index contributed by atoms with van der Waals surface area (Å²) in [5.41, 5.74) is 10.7. The molecule has 0 saturated heterocycles. The van der Waals surface area contributed by atoms with E-state index in [1.54, 1.807) is 6.92 Å². The highest BCUT2D eigenvalue weighted by Crippen LogP contribution is 2.19. The molecule has 0 unspecified atom stereocenters. The summed E-state index contributed by atoms with van der Waals surface area (Å²) in [6, 6.07) is 1.95. The fourth-order valence-electron chi connectivity index (χ4n) is 1.90. The largest absolute Gasteiger partial charge is 0.368 e. The van der Waals surface area contributed by atoms with Crippen LogP contribution in [0.4, 0.5) is 21.7 Å². The van der Waals surface area contributed by atoms with E-state index in [9.17, 15) is 14.0 Å². The van der Waals surface area contributed by atoms with Gasteiger partial charge in [0.1, 0.15) is 11.9 Å². The van der Waals surface area contributed by atoms with E-state index in [-0.39, 0.29) is 17.3 Å². The van der Waals surface area contributed by atoms with Crippen molar-refractivity contribution in [2.24, 2.45) is 11.5 Å². The Bertz CT molecular complexity index is 769. The number of nitrogens with two attached hydrogens (primary N) is 2. The number of anilines is 3. The third-order valence-electron chi connectivity index (χ3n) is 3.07. The minimum absolute atomic E-state index is 0.0115. The summed E-state index contributed by atoms with van der Waals surface area (Å²) in [7, 11) is 0. The number of carbonyl (C=O) groups is 2. The second-order valence-electron chi connectivity index (χ2n) is 4.82. The number of carbonyl (C=O) groups excluding carboxylic acids is 2. The number of pyridine rings is 1. The van der Waals surface area contributed by atoms with Gasteiger partial charge >= 0.3 is 0 Å². The summed E-state index contributed by atoms with van der Waals surface area (Å²) >= 11 is 0. The minimum atomic E-state index is -0.812. The summed E-state index contributed by atoms with van der Waals surface area (Å²) in [5, 5.41) is 5.55. The van der Waals surface area contributed by atoms with E-state index < -0.39 is 23.8 Å². The van der Waals surface area contributed by atoms with Gasteiger partial charge in [-0.25, -0.2) is 15.0 Å². The number of amides is 2. The zero-order chi connectivity index (χ0) is 17.7. The van der Waals surface area contributed by atoms with Gasteiger partial charge in [-0.2, -0.15) is 4.39 Å². The number of hydrogen-bond acceptors (Lipinski definition) is 7. The first-order valence-corrected chi connectivity index (χ1v) is 7.02. The molecule has 0 aromatic carbocycles. The van der Waals surface area contributed by atoms with Crippen LogP contribution in [0.1, 0.15) is 23.8 Å². The predicted molar refractivity (Wildman–Crippen MR) is 84.9 cm³/mol. The lowest BCUT2D eigenvalue weighted by Crippen LogP contribution is -2.35. The third-order valence-corrected chi connectivity index (χ3v) is 3.07. The number of halogens is 1. The van der Waals surface area contributed by atoms with Crippen molar-refractivity contribution in [3.63, 3.8) is 0 Å². The smallest absolute Gasteiger partial charge is 0.271 e. The highest BCUT2D eigenvalue weighted by atomic mass is 19.1. The summed E-state index contributed by atoms with van der Waals surface area (Å²) in [4.78, 5) is 34.3. The Morgan fingerprint density at radius 2 is 2.08 bits per heavy atom. The minimum Gasteiger partial charge on any atom is -0.368 e. The average molecular weight is 333 g/mol. The van der Waals surface area contributed by atoms with Crippen molar-refractivity contribution in [1.82, 2.24) is 15.0 Å².